The SMILES string of the molecule is Cc1cc(C)c(NC(=O)CN(C)C(=O)CCc2cccc(Cl)c2)c(C)c1. The summed E-state index contributed by atoms with van der Waals surface area (Å²) in [5.41, 5.74) is 5.03. The first-order chi connectivity index (χ1) is 12.3. The van der Waals surface area contributed by atoms with Gasteiger partial charge in [0, 0.05) is 24.2 Å². The van der Waals surface area contributed by atoms with Gasteiger partial charge in [-0.05, 0) is 56.0 Å². The molecular formula is C21H25ClN2O2. The molecule has 0 aromatic heterocycles. The zero-order chi connectivity index (χ0) is 19.3. The van der Waals surface area contributed by atoms with Crippen molar-refractivity contribution in [2.75, 3.05) is 18.9 Å². The molecule has 0 atom stereocenters. The Hall–Kier alpha value is -2.33. The van der Waals surface area contributed by atoms with Crippen molar-refractivity contribution in [2.24, 2.45) is 0 Å². The van der Waals surface area contributed by atoms with E-state index < -0.39 is 0 Å². The summed E-state index contributed by atoms with van der Waals surface area (Å²) in [4.78, 5) is 26.1. The van der Waals surface area contributed by atoms with Gasteiger partial charge in [-0.25, -0.2) is 0 Å². The molecule has 0 aliphatic rings. The number of benzene rings is 2. The molecule has 26 heavy (non-hydrogen) atoms. The number of nitrogens with one attached hydrogen (secondary N) is 1. The number of carbonyl (C=O) groups excluding carboxylic acids is 2. The molecule has 0 spiro atoms. The van der Waals surface area contributed by atoms with Gasteiger partial charge in [0.25, 0.3) is 0 Å². The second-order valence-corrected chi connectivity index (χ2v) is 7.14. The van der Waals surface area contributed by atoms with Gasteiger partial charge >= 0.3 is 0 Å². The van der Waals surface area contributed by atoms with Crippen molar-refractivity contribution in [2.45, 2.75) is 33.6 Å². The third kappa shape index (κ3) is 5.60. The Morgan fingerprint density at radius 1 is 1.08 bits per heavy atom. The molecule has 4 nitrogen and oxygen atoms in total. The third-order valence-corrected chi connectivity index (χ3v) is 4.50. The van der Waals surface area contributed by atoms with Crippen LogP contribution in [0.15, 0.2) is 36.4 Å². The Morgan fingerprint density at radius 3 is 2.35 bits per heavy atom. The number of aryl methyl sites for hydroxylation is 4. The number of halogens is 1. The second kappa shape index (κ2) is 8.86. The van der Waals surface area contributed by atoms with E-state index in [4.69, 9.17) is 11.6 Å². The molecule has 0 fully saturated rings. The van der Waals surface area contributed by atoms with Gasteiger partial charge in [-0.2, -0.15) is 0 Å². The normalized spacial score (nSPS) is 10.5. The van der Waals surface area contributed by atoms with E-state index >= 15 is 0 Å². The minimum atomic E-state index is -0.196. The highest BCUT2D eigenvalue weighted by Crippen LogP contribution is 2.21. The van der Waals surface area contributed by atoms with Crippen LogP contribution in [0.1, 0.15) is 28.7 Å². The fourth-order valence-corrected chi connectivity index (χ4v) is 3.21. The van der Waals surface area contributed by atoms with Gasteiger partial charge in [0.2, 0.25) is 11.8 Å². The molecular weight excluding hydrogens is 348 g/mol. The first-order valence-corrected chi connectivity index (χ1v) is 9.00. The summed E-state index contributed by atoms with van der Waals surface area (Å²) >= 11 is 5.96. The summed E-state index contributed by atoms with van der Waals surface area (Å²) in [6, 6.07) is 11.5. The van der Waals surface area contributed by atoms with E-state index in [0.29, 0.717) is 17.9 Å². The van der Waals surface area contributed by atoms with E-state index in [-0.39, 0.29) is 18.4 Å². The van der Waals surface area contributed by atoms with Crippen LogP contribution in [0.3, 0.4) is 0 Å². The molecule has 2 aromatic rings. The van der Waals surface area contributed by atoms with Crippen LogP contribution in [-0.4, -0.2) is 30.3 Å². The van der Waals surface area contributed by atoms with Gasteiger partial charge in [-0.15, -0.1) is 0 Å². The topological polar surface area (TPSA) is 49.4 Å². The number of nitrogens with zero attached hydrogens (tertiary/aromatic N) is 1. The van der Waals surface area contributed by atoms with E-state index in [1.807, 2.05) is 51.1 Å². The van der Waals surface area contributed by atoms with Crippen LogP contribution in [0.25, 0.3) is 0 Å². The zero-order valence-corrected chi connectivity index (χ0v) is 16.5. The van der Waals surface area contributed by atoms with Crippen molar-refractivity contribution >= 4 is 29.1 Å². The van der Waals surface area contributed by atoms with Crippen LogP contribution in [0.4, 0.5) is 5.69 Å². The molecule has 0 radical (unpaired) electrons. The highest BCUT2D eigenvalue weighted by Gasteiger charge is 2.15. The Balaban J connectivity index is 1.89. The number of hydrogen-bond donors (Lipinski definition) is 1. The Labute approximate surface area is 160 Å². The quantitative estimate of drug-likeness (QED) is 0.822. The summed E-state index contributed by atoms with van der Waals surface area (Å²) in [6.45, 7) is 5.99. The molecule has 0 bridgehead atoms. The fraction of sp³-hybridized carbons (Fsp3) is 0.333. The summed E-state index contributed by atoms with van der Waals surface area (Å²) in [5.74, 6) is -0.267. The van der Waals surface area contributed by atoms with Crippen LogP contribution in [0.2, 0.25) is 5.02 Å². The molecule has 1 N–H and O–H groups in total. The molecule has 0 heterocycles. The standard InChI is InChI=1S/C21H25ClN2O2/c1-14-10-15(2)21(16(3)11-14)23-19(25)13-24(4)20(26)9-8-17-6-5-7-18(22)12-17/h5-7,10-12H,8-9,13H2,1-4H3,(H,23,25). The second-order valence-electron chi connectivity index (χ2n) is 6.70. The largest absolute Gasteiger partial charge is 0.336 e. The molecule has 0 aliphatic heterocycles. The molecule has 0 aliphatic carbocycles. The van der Waals surface area contributed by atoms with E-state index in [2.05, 4.69) is 5.32 Å². The lowest BCUT2D eigenvalue weighted by molar-refractivity contribution is -0.133. The van der Waals surface area contributed by atoms with Crippen molar-refractivity contribution < 1.29 is 9.59 Å². The summed E-state index contributed by atoms with van der Waals surface area (Å²) in [5, 5.41) is 3.58. The maximum atomic E-state index is 12.3. The number of rotatable bonds is 6. The molecule has 2 aromatic carbocycles. The molecule has 5 heteroatoms. The van der Waals surface area contributed by atoms with Gasteiger partial charge in [0.1, 0.15) is 0 Å². The highest BCUT2D eigenvalue weighted by atomic mass is 35.5. The van der Waals surface area contributed by atoms with Crippen molar-refractivity contribution in [1.82, 2.24) is 4.90 Å². The van der Waals surface area contributed by atoms with E-state index in [1.165, 1.54) is 4.90 Å². The number of likely N-dealkylation sites (N-methyl/N-ethyl adjacent to an activating group) is 1. The lowest BCUT2D eigenvalue weighted by atomic mass is 10.1. The summed E-state index contributed by atoms with van der Waals surface area (Å²) in [6.07, 6.45) is 0.939. The van der Waals surface area contributed by atoms with Gasteiger partial charge in [-0.1, -0.05) is 41.4 Å². The average molecular weight is 373 g/mol. The number of amides is 2. The molecule has 138 valence electrons. The molecule has 0 unspecified atom stereocenters. The predicted molar refractivity (Wildman–Crippen MR) is 107 cm³/mol. The maximum absolute atomic E-state index is 12.3. The lowest BCUT2D eigenvalue weighted by Crippen LogP contribution is -2.35. The molecule has 2 rings (SSSR count). The summed E-state index contributed by atoms with van der Waals surface area (Å²) in [7, 11) is 1.65. The van der Waals surface area contributed by atoms with Gasteiger partial charge in [0.05, 0.1) is 6.54 Å². The van der Waals surface area contributed by atoms with Crippen molar-refractivity contribution in [3.8, 4) is 0 Å². The van der Waals surface area contributed by atoms with Crippen LogP contribution < -0.4 is 5.32 Å². The smallest absolute Gasteiger partial charge is 0.243 e. The molecule has 2 amide bonds. The average Bonchev–Trinajstić information content (AvgIpc) is 2.56. The van der Waals surface area contributed by atoms with E-state index in [0.717, 1.165) is 27.9 Å². The third-order valence-electron chi connectivity index (χ3n) is 4.26. The minimum Gasteiger partial charge on any atom is -0.336 e. The van der Waals surface area contributed by atoms with Crippen LogP contribution in [0.5, 0.6) is 0 Å². The van der Waals surface area contributed by atoms with Crippen LogP contribution >= 0.6 is 11.6 Å². The van der Waals surface area contributed by atoms with E-state index in [1.54, 1.807) is 13.1 Å². The fourth-order valence-electron chi connectivity index (χ4n) is 2.99. The minimum absolute atomic E-state index is 0.0289. The Bertz CT molecular complexity index is 794. The first-order valence-electron chi connectivity index (χ1n) is 8.62. The van der Waals surface area contributed by atoms with Crippen molar-refractivity contribution in [1.29, 1.82) is 0 Å². The zero-order valence-electron chi connectivity index (χ0n) is 15.7. The van der Waals surface area contributed by atoms with E-state index in [9.17, 15) is 9.59 Å². The predicted octanol–water partition coefficient (Wildman–Crippen LogP) is 4.29. The maximum Gasteiger partial charge on any atom is 0.243 e. The van der Waals surface area contributed by atoms with Crippen molar-refractivity contribution in [3.05, 3.63) is 63.7 Å². The first kappa shape index (κ1) is 20.0. The lowest BCUT2D eigenvalue weighted by Gasteiger charge is -2.18. The number of carbonyl (C=O) groups is 2. The Morgan fingerprint density at radius 2 is 1.73 bits per heavy atom. The monoisotopic (exact) mass is 372 g/mol. The van der Waals surface area contributed by atoms with Crippen LogP contribution in [0, 0.1) is 20.8 Å². The van der Waals surface area contributed by atoms with Crippen LogP contribution in [-0.2, 0) is 16.0 Å². The molecule has 0 saturated heterocycles. The number of anilines is 1. The molecule has 0 saturated carbocycles. The Kier molecular flexibility index (Phi) is 6.81. The highest BCUT2D eigenvalue weighted by molar-refractivity contribution is 6.30. The van der Waals surface area contributed by atoms with Gasteiger partial charge < -0.3 is 10.2 Å². The summed E-state index contributed by atoms with van der Waals surface area (Å²) < 4.78 is 0. The van der Waals surface area contributed by atoms with Gasteiger partial charge in [-0.3, -0.25) is 9.59 Å². The van der Waals surface area contributed by atoms with Crippen molar-refractivity contribution in [3.63, 3.8) is 0 Å². The number of hydrogen-bond acceptors (Lipinski definition) is 2. The van der Waals surface area contributed by atoms with Gasteiger partial charge in [0.15, 0.2) is 0 Å².